The molecule has 0 aromatic carbocycles. The predicted octanol–water partition coefficient (Wildman–Crippen LogP) is 4.00. The van der Waals surface area contributed by atoms with Crippen LogP contribution in [-0.4, -0.2) is 25.6 Å². The summed E-state index contributed by atoms with van der Waals surface area (Å²) >= 11 is 0. The number of alkyl halides is 3. The van der Waals surface area contributed by atoms with Crippen LogP contribution in [-0.2, 0) is 12.7 Å². The van der Waals surface area contributed by atoms with Gasteiger partial charge in [-0.1, -0.05) is 25.7 Å². The topological polar surface area (TPSA) is 55.6 Å². The summed E-state index contributed by atoms with van der Waals surface area (Å²) in [6, 6.07) is 0.202. The van der Waals surface area contributed by atoms with Gasteiger partial charge in [0.15, 0.2) is 11.5 Å². The van der Waals surface area contributed by atoms with E-state index in [-0.39, 0.29) is 17.5 Å². The van der Waals surface area contributed by atoms with Gasteiger partial charge in [-0.3, -0.25) is 0 Å². The molecule has 0 unspecified atom stereocenters. The van der Waals surface area contributed by atoms with E-state index < -0.39 is 12.0 Å². The SMILES string of the molecule is FC(F)(F)c1nc(NC2CC2)c2ncn(CCC3CCCC3)c2n1. The number of imidazole rings is 1. The molecule has 2 heterocycles. The summed E-state index contributed by atoms with van der Waals surface area (Å²) in [7, 11) is 0. The highest BCUT2D eigenvalue weighted by Gasteiger charge is 2.37. The quantitative estimate of drug-likeness (QED) is 0.894. The Morgan fingerprint density at radius 2 is 1.88 bits per heavy atom. The van der Waals surface area contributed by atoms with Crippen molar-refractivity contribution in [1.82, 2.24) is 19.5 Å². The Hall–Kier alpha value is -1.86. The molecule has 2 aromatic rings. The number of aryl methyl sites for hydroxylation is 1. The van der Waals surface area contributed by atoms with E-state index >= 15 is 0 Å². The molecule has 0 aliphatic heterocycles. The van der Waals surface area contributed by atoms with Gasteiger partial charge >= 0.3 is 6.18 Å². The number of aromatic nitrogens is 4. The summed E-state index contributed by atoms with van der Waals surface area (Å²) in [5.74, 6) is -0.231. The molecule has 2 fully saturated rings. The lowest BCUT2D eigenvalue weighted by Crippen LogP contribution is -2.15. The summed E-state index contributed by atoms with van der Waals surface area (Å²) in [4.78, 5) is 11.7. The fourth-order valence-corrected chi connectivity index (χ4v) is 3.38. The van der Waals surface area contributed by atoms with Crippen LogP contribution in [0.3, 0.4) is 0 Å². The second kappa shape index (κ2) is 5.89. The zero-order valence-electron chi connectivity index (χ0n) is 13.3. The van der Waals surface area contributed by atoms with Crippen molar-refractivity contribution in [3.8, 4) is 0 Å². The highest BCUT2D eigenvalue weighted by Crippen LogP contribution is 2.33. The van der Waals surface area contributed by atoms with Crippen LogP contribution in [0.5, 0.6) is 0 Å². The molecule has 2 aliphatic carbocycles. The highest BCUT2D eigenvalue weighted by molar-refractivity contribution is 5.83. The van der Waals surface area contributed by atoms with Crippen molar-refractivity contribution in [1.29, 1.82) is 0 Å². The number of nitrogens with one attached hydrogen (secondary N) is 1. The van der Waals surface area contributed by atoms with Gasteiger partial charge in [0.05, 0.1) is 6.33 Å². The minimum Gasteiger partial charge on any atom is -0.365 e. The molecule has 2 saturated carbocycles. The minimum atomic E-state index is -4.56. The molecule has 0 amide bonds. The number of hydrogen-bond donors (Lipinski definition) is 1. The third kappa shape index (κ3) is 3.18. The standard InChI is InChI=1S/C16H20F3N5/c17-16(18,19)15-22-13(21-11-5-6-11)12-14(23-15)24(9-20-12)8-7-10-3-1-2-4-10/h9-11H,1-8H2,(H,21,22,23). The minimum absolute atomic E-state index is 0.202. The van der Waals surface area contributed by atoms with Crippen molar-refractivity contribution in [2.75, 3.05) is 5.32 Å². The molecule has 1 N–H and O–H groups in total. The molecule has 0 radical (unpaired) electrons. The zero-order valence-corrected chi connectivity index (χ0v) is 13.3. The molecule has 2 aromatic heterocycles. The Morgan fingerprint density at radius 1 is 1.12 bits per heavy atom. The van der Waals surface area contributed by atoms with E-state index in [1.54, 1.807) is 10.9 Å². The van der Waals surface area contributed by atoms with Gasteiger partial charge in [0.2, 0.25) is 5.82 Å². The number of hydrogen-bond acceptors (Lipinski definition) is 4. The first-order valence-corrected chi connectivity index (χ1v) is 8.57. The van der Waals surface area contributed by atoms with Gasteiger partial charge < -0.3 is 9.88 Å². The summed E-state index contributed by atoms with van der Waals surface area (Å²) in [5, 5.41) is 3.05. The second-order valence-electron chi connectivity index (χ2n) is 6.86. The number of halogens is 3. The Labute approximate surface area is 137 Å². The van der Waals surface area contributed by atoms with Gasteiger partial charge in [-0.15, -0.1) is 0 Å². The maximum Gasteiger partial charge on any atom is 0.451 e. The lowest BCUT2D eigenvalue weighted by molar-refractivity contribution is -0.144. The van der Waals surface area contributed by atoms with Crippen LogP contribution in [0.15, 0.2) is 6.33 Å². The molecule has 0 spiro atoms. The lowest BCUT2D eigenvalue weighted by atomic mass is 10.0. The van der Waals surface area contributed by atoms with E-state index in [1.807, 2.05) is 0 Å². The van der Waals surface area contributed by atoms with Gasteiger partial charge in [0.25, 0.3) is 0 Å². The van der Waals surface area contributed by atoms with Crippen LogP contribution in [0.2, 0.25) is 0 Å². The third-order valence-corrected chi connectivity index (χ3v) is 4.89. The Balaban J connectivity index is 1.66. The summed E-state index contributed by atoms with van der Waals surface area (Å²) in [6.45, 7) is 0.651. The van der Waals surface area contributed by atoms with Gasteiger partial charge in [0.1, 0.15) is 5.52 Å². The smallest absolute Gasteiger partial charge is 0.365 e. The highest BCUT2D eigenvalue weighted by atomic mass is 19.4. The van der Waals surface area contributed by atoms with Crippen LogP contribution >= 0.6 is 0 Å². The molecule has 130 valence electrons. The third-order valence-electron chi connectivity index (χ3n) is 4.89. The van der Waals surface area contributed by atoms with Gasteiger partial charge in [-0.05, 0) is 25.2 Å². The first kappa shape index (κ1) is 15.7. The Kier molecular flexibility index (Phi) is 3.85. The average molecular weight is 339 g/mol. The van der Waals surface area contributed by atoms with Crippen molar-refractivity contribution < 1.29 is 13.2 Å². The van der Waals surface area contributed by atoms with Crippen LogP contribution in [0, 0.1) is 5.92 Å². The van der Waals surface area contributed by atoms with Crippen LogP contribution in [0.25, 0.3) is 11.2 Å². The van der Waals surface area contributed by atoms with E-state index in [1.165, 1.54) is 25.7 Å². The van der Waals surface area contributed by atoms with Crippen molar-refractivity contribution >= 4 is 17.0 Å². The molecule has 4 rings (SSSR count). The molecule has 8 heteroatoms. The Bertz CT molecular complexity index is 729. The average Bonchev–Trinajstić information content (AvgIpc) is 3.04. The van der Waals surface area contributed by atoms with Gasteiger partial charge in [-0.2, -0.15) is 13.2 Å². The van der Waals surface area contributed by atoms with Crippen LogP contribution in [0.4, 0.5) is 19.0 Å². The van der Waals surface area contributed by atoms with E-state index in [0.29, 0.717) is 18.0 Å². The van der Waals surface area contributed by atoms with Crippen LogP contribution < -0.4 is 5.32 Å². The zero-order chi connectivity index (χ0) is 16.7. The van der Waals surface area contributed by atoms with Gasteiger partial charge in [-0.25, -0.2) is 15.0 Å². The van der Waals surface area contributed by atoms with Crippen molar-refractivity contribution in [3.05, 3.63) is 12.2 Å². The molecule has 2 aliphatic rings. The van der Waals surface area contributed by atoms with Gasteiger partial charge in [0, 0.05) is 12.6 Å². The van der Waals surface area contributed by atoms with E-state index in [0.717, 1.165) is 19.3 Å². The molecule has 5 nitrogen and oxygen atoms in total. The second-order valence-corrected chi connectivity index (χ2v) is 6.86. The summed E-state index contributed by atoms with van der Waals surface area (Å²) < 4.78 is 41.1. The van der Waals surface area contributed by atoms with Crippen molar-refractivity contribution in [3.63, 3.8) is 0 Å². The molecular weight excluding hydrogens is 319 g/mol. The predicted molar refractivity (Wildman–Crippen MR) is 83.5 cm³/mol. The Morgan fingerprint density at radius 3 is 2.54 bits per heavy atom. The number of rotatable bonds is 5. The van der Waals surface area contributed by atoms with E-state index in [2.05, 4.69) is 20.3 Å². The molecule has 0 bridgehead atoms. The van der Waals surface area contributed by atoms with Crippen LogP contribution in [0.1, 0.15) is 50.8 Å². The molecule has 24 heavy (non-hydrogen) atoms. The number of anilines is 1. The molecule has 0 saturated heterocycles. The molecule has 0 atom stereocenters. The maximum absolute atomic E-state index is 13.1. The van der Waals surface area contributed by atoms with Crippen molar-refractivity contribution in [2.45, 2.75) is 63.7 Å². The van der Waals surface area contributed by atoms with E-state index in [9.17, 15) is 13.2 Å². The normalized spacial score (nSPS) is 19.3. The molecular formula is C16H20F3N5. The number of fused-ring (bicyclic) bond motifs is 1. The summed E-state index contributed by atoms with van der Waals surface area (Å²) in [5.41, 5.74) is 0.708. The fraction of sp³-hybridized carbons (Fsp3) is 0.688. The lowest BCUT2D eigenvalue weighted by Gasteiger charge is -2.12. The first-order valence-electron chi connectivity index (χ1n) is 8.57. The first-order chi connectivity index (χ1) is 11.5. The van der Waals surface area contributed by atoms with Crippen molar-refractivity contribution in [2.24, 2.45) is 5.92 Å². The number of nitrogens with zero attached hydrogens (tertiary/aromatic N) is 4. The maximum atomic E-state index is 13.1. The summed E-state index contributed by atoms with van der Waals surface area (Å²) in [6.07, 6.45) is 4.83. The van der Waals surface area contributed by atoms with E-state index in [4.69, 9.17) is 0 Å². The fourth-order valence-electron chi connectivity index (χ4n) is 3.38. The monoisotopic (exact) mass is 339 g/mol. The largest absolute Gasteiger partial charge is 0.451 e.